The third kappa shape index (κ3) is 4.27. The van der Waals surface area contributed by atoms with E-state index in [2.05, 4.69) is 110 Å². The van der Waals surface area contributed by atoms with E-state index in [4.69, 9.17) is 0 Å². The summed E-state index contributed by atoms with van der Waals surface area (Å²) in [7, 11) is 0. The van der Waals surface area contributed by atoms with Gasteiger partial charge in [-0.1, -0.05) is 94.1 Å². The summed E-state index contributed by atoms with van der Waals surface area (Å²) in [5, 5.41) is 0. The van der Waals surface area contributed by atoms with Crippen LogP contribution >= 0.6 is 0 Å². The second-order valence-corrected chi connectivity index (χ2v) is 14.0. The van der Waals surface area contributed by atoms with Crippen LogP contribution in [0.3, 0.4) is 0 Å². The standard InChI is InChI=1S/C40H43N/c1-40(2)38-11-7-6-10-35(38)37-26-34(22-23-39(37)40)41(32-18-14-29(15-19-32)28-8-4-3-5-9-28)33-20-16-30(17-21-33)36-25-27-12-13-31(36)24-27/h6-7,10-11,14-23,26-28,31,36H,3-5,8-9,12-13,24-25H2,1-2H3. The summed E-state index contributed by atoms with van der Waals surface area (Å²) in [5.74, 6) is 3.38. The summed E-state index contributed by atoms with van der Waals surface area (Å²) in [5.41, 5.74) is 12.5. The molecular weight excluding hydrogens is 494 g/mol. The predicted molar refractivity (Wildman–Crippen MR) is 173 cm³/mol. The maximum absolute atomic E-state index is 2.49. The molecule has 4 aromatic rings. The van der Waals surface area contributed by atoms with Gasteiger partial charge in [0.2, 0.25) is 0 Å². The van der Waals surface area contributed by atoms with Gasteiger partial charge in [-0.25, -0.2) is 0 Å². The first kappa shape index (κ1) is 25.4. The van der Waals surface area contributed by atoms with Crippen molar-refractivity contribution in [3.05, 3.63) is 113 Å². The molecule has 3 atom stereocenters. The normalized spacial score (nSPS) is 24.3. The Hall–Kier alpha value is -3.32. The minimum Gasteiger partial charge on any atom is -0.310 e. The van der Waals surface area contributed by atoms with E-state index in [9.17, 15) is 0 Å². The van der Waals surface area contributed by atoms with Crippen molar-refractivity contribution in [1.29, 1.82) is 0 Å². The second kappa shape index (κ2) is 9.90. The molecule has 0 aromatic heterocycles. The molecule has 0 saturated heterocycles. The van der Waals surface area contributed by atoms with E-state index in [-0.39, 0.29) is 5.41 Å². The lowest BCUT2D eigenvalue weighted by Gasteiger charge is -2.29. The summed E-state index contributed by atoms with van der Waals surface area (Å²) >= 11 is 0. The Labute approximate surface area is 246 Å². The first-order valence-corrected chi connectivity index (χ1v) is 16.3. The number of hydrogen-bond acceptors (Lipinski definition) is 1. The molecule has 4 aliphatic rings. The third-order valence-corrected chi connectivity index (χ3v) is 11.4. The van der Waals surface area contributed by atoms with Gasteiger partial charge in [0, 0.05) is 22.5 Å². The van der Waals surface area contributed by atoms with Gasteiger partial charge in [-0.3, -0.25) is 0 Å². The zero-order valence-electron chi connectivity index (χ0n) is 24.8. The van der Waals surface area contributed by atoms with Gasteiger partial charge in [-0.05, 0) is 126 Å². The van der Waals surface area contributed by atoms with Crippen LogP contribution in [0, 0.1) is 11.8 Å². The van der Waals surface area contributed by atoms with E-state index >= 15 is 0 Å². The molecule has 208 valence electrons. The van der Waals surface area contributed by atoms with Crippen LogP contribution in [0.25, 0.3) is 11.1 Å². The lowest BCUT2D eigenvalue weighted by atomic mass is 9.82. The molecule has 3 saturated carbocycles. The molecule has 41 heavy (non-hydrogen) atoms. The van der Waals surface area contributed by atoms with Gasteiger partial charge < -0.3 is 4.90 Å². The van der Waals surface area contributed by atoms with E-state index in [0.29, 0.717) is 0 Å². The molecule has 4 aliphatic carbocycles. The topological polar surface area (TPSA) is 3.24 Å². The summed E-state index contributed by atoms with van der Waals surface area (Å²) in [6.07, 6.45) is 12.6. The van der Waals surface area contributed by atoms with Crippen molar-refractivity contribution in [3.8, 4) is 11.1 Å². The van der Waals surface area contributed by atoms with Gasteiger partial charge in [0.05, 0.1) is 0 Å². The van der Waals surface area contributed by atoms with E-state index < -0.39 is 0 Å². The fourth-order valence-electron chi connectivity index (χ4n) is 9.15. The minimum absolute atomic E-state index is 0.0270. The molecular formula is C40H43N. The van der Waals surface area contributed by atoms with Crippen LogP contribution in [0.2, 0.25) is 0 Å². The van der Waals surface area contributed by atoms with Gasteiger partial charge in [-0.15, -0.1) is 0 Å². The Morgan fingerprint density at radius 1 is 0.585 bits per heavy atom. The quantitative estimate of drug-likeness (QED) is 0.245. The molecule has 3 unspecified atom stereocenters. The molecule has 4 aromatic carbocycles. The highest BCUT2D eigenvalue weighted by Crippen LogP contribution is 2.54. The van der Waals surface area contributed by atoms with Crippen molar-refractivity contribution in [2.24, 2.45) is 11.8 Å². The number of nitrogens with zero attached hydrogens (tertiary/aromatic N) is 1. The predicted octanol–water partition coefficient (Wildman–Crippen LogP) is 11.4. The zero-order valence-corrected chi connectivity index (χ0v) is 24.8. The van der Waals surface area contributed by atoms with Gasteiger partial charge in [0.1, 0.15) is 0 Å². The Morgan fingerprint density at radius 2 is 1.24 bits per heavy atom. The van der Waals surface area contributed by atoms with E-state index in [0.717, 1.165) is 23.7 Å². The molecule has 0 aliphatic heterocycles. The van der Waals surface area contributed by atoms with Gasteiger partial charge in [0.15, 0.2) is 0 Å². The Balaban J connectivity index is 1.19. The van der Waals surface area contributed by atoms with Crippen LogP contribution in [-0.2, 0) is 5.41 Å². The average molecular weight is 538 g/mol. The number of fused-ring (bicyclic) bond motifs is 5. The van der Waals surface area contributed by atoms with Crippen molar-refractivity contribution in [3.63, 3.8) is 0 Å². The lowest BCUT2D eigenvalue weighted by Crippen LogP contribution is -2.15. The Kier molecular flexibility index (Phi) is 6.13. The molecule has 0 radical (unpaired) electrons. The summed E-state index contributed by atoms with van der Waals surface area (Å²) in [6.45, 7) is 4.74. The first-order valence-electron chi connectivity index (χ1n) is 16.3. The smallest absolute Gasteiger partial charge is 0.0468 e. The van der Waals surface area contributed by atoms with Gasteiger partial charge >= 0.3 is 0 Å². The zero-order chi connectivity index (χ0) is 27.6. The molecule has 8 rings (SSSR count). The SMILES string of the molecule is CC1(C)c2ccccc2-c2cc(N(c3ccc(C4CCCCC4)cc3)c3ccc(C4CC5CCC4C5)cc3)ccc21. The van der Waals surface area contributed by atoms with Crippen molar-refractivity contribution in [1.82, 2.24) is 0 Å². The van der Waals surface area contributed by atoms with Crippen molar-refractivity contribution in [2.45, 2.75) is 88.9 Å². The average Bonchev–Trinajstić information content (AvgIpc) is 3.72. The van der Waals surface area contributed by atoms with Crippen LogP contribution < -0.4 is 4.90 Å². The maximum Gasteiger partial charge on any atom is 0.0468 e. The van der Waals surface area contributed by atoms with E-state index in [1.165, 1.54) is 103 Å². The number of anilines is 3. The molecule has 0 amide bonds. The molecule has 1 nitrogen and oxygen atoms in total. The highest BCUT2D eigenvalue weighted by atomic mass is 15.1. The van der Waals surface area contributed by atoms with Gasteiger partial charge in [0.25, 0.3) is 0 Å². The molecule has 3 fully saturated rings. The minimum atomic E-state index is 0.0270. The largest absolute Gasteiger partial charge is 0.310 e. The summed E-state index contributed by atoms with van der Waals surface area (Å²) < 4.78 is 0. The van der Waals surface area contributed by atoms with Crippen molar-refractivity contribution < 1.29 is 0 Å². The fraction of sp³-hybridized carbons (Fsp3) is 0.400. The summed E-state index contributed by atoms with van der Waals surface area (Å²) in [6, 6.07) is 35.4. The third-order valence-electron chi connectivity index (χ3n) is 11.4. The monoisotopic (exact) mass is 537 g/mol. The molecule has 0 N–H and O–H groups in total. The Bertz CT molecular complexity index is 1550. The van der Waals surface area contributed by atoms with Crippen LogP contribution in [0.15, 0.2) is 91.0 Å². The molecule has 0 spiro atoms. The summed E-state index contributed by atoms with van der Waals surface area (Å²) in [4.78, 5) is 2.49. The van der Waals surface area contributed by atoms with Crippen LogP contribution in [0.1, 0.15) is 106 Å². The van der Waals surface area contributed by atoms with Gasteiger partial charge in [-0.2, -0.15) is 0 Å². The number of rotatable bonds is 5. The molecule has 1 heteroatoms. The first-order chi connectivity index (χ1) is 20.1. The molecule has 0 heterocycles. The fourth-order valence-corrected chi connectivity index (χ4v) is 9.15. The maximum atomic E-state index is 2.49. The van der Waals surface area contributed by atoms with E-state index in [1.54, 1.807) is 5.56 Å². The van der Waals surface area contributed by atoms with Crippen LogP contribution in [0.5, 0.6) is 0 Å². The molecule has 2 bridgehead atoms. The Morgan fingerprint density at radius 3 is 1.93 bits per heavy atom. The number of hydrogen-bond donors (Lipinski definition) is 0. The highest BCUT2D eigenvalue weighted by molar-refractivity contribution is 5.86. The van der Waals surface area contributed by atoms with Crippen molar-refractivity contribution >= 4 is 17.1 Å². The highest BCUT2D eigenvalue weighted by Gasteiger charge is 2.40. The van der Waals surface area contributed by atoms with Crippen molar-refractivity contribution in [2.75, 3.05) is 4.90 Å². The lowest BCUT2D eigenvalue weighted by molar-refractivity contribution is 0.420. The van der Waals surface area contributed by atoms with Crippen LogP contribution in [0.4, 0.5) is 17.1 Å². The number of benzene rings is 4. The van der Waals surface area contributed by atoms with Crippen LogP contribution in [-0.4, -0.2) is 0 Å². The second-order valence-electron chi connectivity index (χ2n) is 14.0. The van der Waals surface area contributed by atoms with E-state index in [1.807, 2.05) is 0 Å².